The highest BCUT2D eigenvalue weighted by Gasteiger charge is 2.19. The van der Waals surface area contributed by atoms with Crippen LogP contribution < -0.4 is 19.6 Å². The van der Waals surface area contributed by atoms with Crippen LogP contribution in [0.15, 0.2) is 51.2 Å². The second-order valence-corrected chi connectivity index (χ2v) is 7.98. The molecule has 0 aliphatic carbocycles. The summed E-state index contributed by atoms with van der Waals surface area (Å²) in [7, 11) is 0. The van der Waals surface area contributed by atoms with Crippen LogP contribution in [0.1, 0.15) is 38.5 Å². The van der Waals surface area contributed by atoms with Crippen LogP contribution in [0.25, 0.3) is 22.1 Å². The van der Waals surface area contributed by atoms with E-state index in [-0.39, 0.29) is 5.43 Å². The highest BCUT2D eigenvalue weighted by Crippen LogP contribution is 2.35. The third-order valence-corrected chi connectivity index (χ3v) is 5.40. The molecule has 1 aliphatic heterocycles. The maximum atomic E-state index is 13.5. The van der Waals surface area contributed by atoms with Crippen molar-refractivity contribution in [2.75, 3.05) is 19.8 Å². The van der Waals surface area contributed by atoms with Gasteiger partial charge in [-0.1, -0.05) is 18.6 Å². The Hall–Kier alpha value is -3.21. The predicted molar refractivity (Wildman–Crippen MR) is 123 cm³/mol. The number of ether oxygens (including phenoxy) is 3. The average Bonchev–Trinajstić information content (AvgIpc) is 2.98. The Morgan fingerprint density at radius 3 is 2.61 bits per heavy atom. The molecular formula is C26H28O5. The molecule has 0 radical (unpaired) electrons. The Labute approximate surface area is 182 Å². The zero-order valence-electron chi connectivity index (χ0n) is 18.5. The van der Waals surface area contributed by atoms with Crippen LogP contribution in [0.2, 0.25) is 0 Å². The summed E-state index contributed by atoms with van der Waals surface area (Å²) in [6.45, 7) is 9.64. The monoisotopic (exact) mass is 420 g/mol. The summed E-state index contributed by atoms with van der Waals surface area (Å²) in [4.78, 5) is 13.5. The molecule has 0 fully saturated rings. The minimum absolute atomic E-state index is 0.0567. The van der Waals surface area contributed by atoms with Crippen molar-refractivity contribution in [2.24, 2.45) is 0 Å². The van der Waals surface area contributed by atoms with E-state index in [1.54, 1.807) is 0 Å². The van der Waals surface area contributed by atoms with Crippen molar-refractivity contribution < 1.29 is 18.6 Å². The third-order valence-electron chi connectivity index (χ3n) is 5.40. The van der Waals surface area contributed by atoms with Gasteiger partial charge >= 0.3 is 0 Å². The molecule has 5 nitrogen and oxygen atoms in total. The fourth-order valence-electron chi connectivity index (χ4n) is 3.74. The quantitative estimate of drug-likeness (QED) is 0.486. The molecule has 0 amide bonds. The van der Waals surface area contributed by atoms with Gasteiger partial charge in [0.2, 0.25) is 5.43 Å². The summed E-state index contributed by atoms with van der Waals surface area (Å²) in [5, 5.41) is 0.555. The van der Waals surface area contributed by atoms with Crippen LogP contribution in [0, 0.1) is 6.92 Å². The number of aryl methyl sites for hydroxylation is 2. The van der Waals surface area contributed by atoms with Gasteiger partial charge in [0.15, 0.2) is 11.5 Å². The molecule has 162 valence electrons. The molecule has 5 heteroatoms. The predicted octanol–water partition coefficient (Wildman–Crippen LogP) is 5.84. The second kappa shape index (κ2) is 8.88. The van der Waals surface area contributed by atoms with Gasteiger partial charge in [-0.3, -0.25) is 4.79 Å². The molecule has 0 atom stereocenters. The molecule has 2 heterocycles. The summed E-state index contributed by atoms with van der Waals surface area (Å²) < 4.78 is 23.6. The molecule has 0 saturated carbocycles. The fourth-order valence-corrected chi connectivity index (χ4v) is 3.74. The van der Waals surface area contributed by atoms with Crippen molar-refractivity contribution in [1.29, 1.82) is 0 Å². The first kappa shape index (κ1) is 21.0. The van der Waals surface area contributed by atoms with Gasteiger partial charge in [0, 0.05) is 12.5 Å². The van der Waals surface area contributed by atoms with E-state index in [2.05, 4.69) is 6.92 Å². The molecule has 1 aromatic heterocycles. The van der Waals surface area contributed by atoms with Crippen molar-refractivity contribution in [3.63, 3.8) is 0 Å². The van der Waals surface area contributed by atoms with Crippen molar-refractivity contribution in [1.82, 2.24) is 0 Å². The van der Waals surface area contributed by atoms with Crippen LogP contribution in [-0.2, 0) is 6.42 Å². The Bertz CT molecular complexity index is 1200. The van der Waals surface area contributed by atoms with Crippen LogP contribution in [0.5, 0.6) is 17.2 Å². The van der Waals surface area contributed by atoms with Crippen molar-refractivity contribution in [2.45, 2.75) is 40.5 Å². The molecule has 1 aliphatic rings. The Morgan fingerprint density at radius 2 is 1.87 bits per heavy atom. The Balaban J connectivity index is 1.80. The highest BCUT2D eigenvalue weighted by molar-refractivity contribution is 5.85. The Kier molecular flexibility index (Phi) is 6.03. The lowest BCUT2D eigenvalue weighted by atomic mass is 10.0. The van der Waals surface area contributed by atoms with E-state index in [1.807, 2.05) is 57.2 Å². The van der Waals surface area contributed by atoms with Gasteiger partial charge in [-0.25, -0.2) is 0 Å². The minimum Gasteiger partial charge on any atom is -0.490 e. The van der Waals surface area contributed by atoms with Crippen LogP contribution in [0.3, 0.4) is 0 Å². The molecule has 0 N–H and O–H groups in total. The van der Waals surface area contributed by atoms with Gasteiger partial charge in [-0.15, -0.1) is 0 Å². The maximum absolute atomic E-state index is 13.5. The number of fused-ring (bicyclic) bond motifs is 2. The highest BCUT2D eigenvalue weighted by atomic mass is 16.5. The number of hydrogen-bond donors (Lipinski definition) is 0. The van der Waals surface area contributed by atoms with E-state index in [0.717, 1.165) is 29.7 Å². The molecule has 4 rings (SSSR count). The van der Waals surface area contributed by atoms with Gasteiger partial charge < -0.3 is 18.6 Å². The molecule has 0 spiro atoms. The summed E-state index contributed by atoms with van der Waals surface area (Å²) >= 11 is 0. The summed E-state index contributed by atoms with van der Waals surface area (Å²) in [5.74, 6) is 2.67. The maximum Gasteiger partial charge on any atom is 0.200 e. The molecule has 0 unspecified atom stereocenters. The van der Waals surface area contributed by atoms with E-state index >= 15 is 0 Å². The van der Waals surface area contributed by atoms with Crippen molar-refractivity contribution in [3.05, 3.63) is 63.5 Å². The minimum atomic E-state index is -0.0567. The smallest absolute Gasteiger partial charge is 0.200 e. The molecule has 0 saturated heterocycles. The SMILES string of the molecule is CCc1cc2c(=O)c(-c3ccc4c(c3)OCCCO4)c(C)oc2cc1OCC=C(C)C. The standard InChI is InChI=1S/C26H28O5/c1-5-18-13-20-23(15-22(18)30-12-9-16(2)3)31-17(4)25(26(20)27)19-7-8-21-24(14-19)29-11-6-10-28-21/h7-9,13-15H,5-6,10-12H2,1-4H3. The molecule has 3 aromatic rings. The zero-order valence-corrected chi connectivity index (χ0v) is 18.5. The number of rotatable bonds is 5. The van der Waals surface area contributed by atoms with Crippen LogP contribution in [-0.4, -0.2) is 19.8 Å². The van der Waals surface area contributed by atoms with E-state index in [4.69, 9.17) is 18.6 Å². The van der Waals surface area contributed by atoms with Crippen LogP contribution >= 0.6 is 0 Å². The summed E-state index contributed by atoms with van der Waals surface area (Å²) in [6, 6.07) is 9.33. The van der Waals surface area contributed by atoms with E-state index in [0.29, 0.717) is 53.6 Å². The first-order valence-electron chi connectivity index (χ1n) is 10.7. The number of benzene rings is 2. The lowest BCUT2D eigenvalue weighted by molar-refractivity contribution is 0.297. The zero-order chi connectivity index (χ0) is 22.0. The average molecular weight is 421 g/mol. The Morgan fingerprint density at radius 1 is 1.10 bits per heavy atom. The van der Waals surface area contributed by atoms with Gasteiger partial charge in [0.1, 0.15) is 23.7 Å². The largest absolute Gasteiger partial charge is 0.490 e. The second-order valence-electron chi connectivity index (χ2n) is 7.98. The molecule has 0 bridgehead atoms. The summed E-state index contributed by atoms with van der Waals surface area (Å²) in [5.41, 5.74) is 3.96. The first-order valence-corrected chi connectivity index (χ1v) is 10.7. The van der Waals surface area contributed by atoms with E-state index in [1.165, 1.54) is 5.57 Å². The van der Waals surface area contributed by atoms with Gasteiger partial charge in [0.25, 0.3) is 0 Å². The van der Waals surface area contributed by atoms with E-state index in [9.17, 15) is 4.79 Å². The van der Waals surface area contributed by atoms with Crippen LogP contribution in [0.4, 0.5) is 0 Å². The van der Waals surface area contributed by atoms with Gasteiger partial charge in [0.05, 0.1) is 24.2 Å². The fraction of sp³-hybridized carbons (Fsp3) is 0.346. The summed E-state index contributed by atoms with van der Waals surface area (Å²) in [6.07, 6.45) is 3.62. The van der Waals surface area contributed by atoms with Crippen molar-refractivity contribution in [3.8, 4) is 28.4 Å². The number of allylic oxidation sites excluding steroid dienone is 1. The van der Waals surface area contributed by atoms with Gasteiger partial charge in [-0.2, -0.15) is 0 Å². The van der Waals surface area contributed by atoms with Crippen molar-refractivity contribution >= 4 is 11.0 Å². The van der Waals surface area contributed by atoms with Gasteiger partial charge in [-0.05, 0) is 62.6 Å². The van der Waals surface area contributed by atoms with E-state index < -0.39 is 0 Å². The first-order chi connectivity index (χ1) is 15.0. The molecule has 2 aromatic carbocycles. The topological polar surface area (TPSA) is 57.9 Å². The molecule has 31 heavy (non-hydrogen) atoms. The molecular weight excluding hydrogens is 392 g/mol. The lowest BCUT2D eigenvalue weighted by Crippen LogP contribution is -2.09. The normalized spacial score (nSPS) is 13.0. The third kappa shape index (κ3) is 4.31. The number of hydrogen-bond acceptors (Lipinski definition) is 5. The lowest BCUT2D eigenvalue weighted by Gasteiger charge is -2.13.